The fourth-order valence-electron chi connectivity index (χ4n) is 5.98. The molecular weight excluding hydrogens is 579 g/mol. The molecule has 41 heavy (non-hydrogen) atoms. The van der Waals surface area contributed by atoms with Gasteiger partial charge >= 0.3 is 0 Å². The molecule has 1 aromatic heterocycles. The van der Waals surface area contributed by atoms with E-state index >= 15 is 0 Å². The van der Waals surface area contributed by atoms with E-state index in [1.165, 1.54) is 0 Å². The number of aryl methyl sites for hydroxylation is 1. The normalized spacial score (nSPS) is 18.3. The summed E-state index contributed by atoms with van der Waals surface area (Å²) in [5.74, 6) is -0.184. The third kappa shape index (κ3) is 6.26. The highest BCUT2D eigenvalue weighted by atomic mass is 35.5. The number of hydrogen-bond donors (Lipinski definition) is 2. The molecule has 2 N–H and O–H groups in total. The standard InChI is InChI=1S/C31H36Cl2N4O3S/c1-18-22(16-30(38)37(4)20-10-12-36(3)13-11-20)19(2)34-29(18)15-24-23-14-21(8-9-28(23)35-31(24)39)41(40)17-25-26(32)6-5-7-27(25)33/h5-9,14,20,24,34H,10-13,15-17H2,1-4H3,(H,35,39)/p+1. The quantitative estimate of drug-likeness (QED) is 0.256. The lowest BCUT2D eigenvalue weighted by Gasteiger charge is -2.35. The summed E-state index contributed by atoms with van der Waals surface area (Å²) in [7, 11) is 2.21. The molecule has 0 saturated carbocycles. The SMILES string of the molecule is Cc1[nH]c(CC2C(=O)Nc3ccc([SH+](=O)Cc4c(Cl)cccc4Cl)cc32)c(C)c1CC(=O)N(C)C1CCN(C)CC1. The van der Waals surface area contributed by atoms with E-state index in [0.717, 1.165) is 59.7 Å². The largest absolute Gasteiger partial charge is 0.362 e. The Hall–Kier alpha value is -2.65. The zero-order valence-electron chi connectivity index (χ0n) is 23.9. The molecular formula is C31H37Cl2N4O3S+. The number of carbonyl (C=O) groups is 2. The number of benzene rings is 2. The average Bonchev–Trinajstić information content (AvgIpc) is 3.40. The number of likely N-dealkylation sites (N-methyl/N-ethyl adjacent to an activating group) is 1. The predicted octanol–water partition coefficient (Wildman–Crippen LogP) is 5.57. The molecule has 218 valence electrons. The molecule has 0 bridgehead atoms. The summed E-state index contributed by atoms with van der Waals surface area (Å²) in [4.78, 5) is 34.6. The van der Waals surface area contributed by atoms with Gasteiger partial charge in [-0.05, 0) is 93.8 Å². The highest BCUT2D eigenvalue weighted by molar-refractivity contribution is 7.84. The summed E-state index contributed by atoms with van der Waals surface area (Å²) in [6.45, 7) is 6.01. The van der Waals surface area contributed by atoms with E-state index in [9.17, 15) is 13.8 Å². The highest BCUT2D eigenvalue weighted by Gasteiger charge is 2.34. The van der Waals surface area contributed by atoms with Crippen molar-refractivity contribution < 1.29 is 13.8 Å². The molecule has 2 aromatic carbocycles. The van der Waals surface area contributed by atoms with Gasteiger partial charge in [0.25, 0.3) is 0 Å². The number of likely N-dealkylation sites (tertiary alicyclic amines) is 1. The molecule has 3 aromatic rings. The lowest BCUT2D eigenvalue weighted by molar-refractivity contribution is -0.132. The van der Waals surface area contributed by atoms with Crippen LogP contribution in [0.4, 0.5) is 5.69 Å². The minimum atomic E-state index is -1.83. The Morgan fingerprint density at radius 1 is 1.10 bits per heavy atom. The fourth-order valence-corrected chi connectivity index (χ4v) is 8.04. The maximum absolute atomic E-state index is 13.3. The number of halogens is 2. The number of piperidine rings is 1. The van der Waals surface area contributed by atoms with E-state index in [-0.39, 0.29) is 23.6 Å². The van der Waals surface area contributed by atoms with E-state index in [4.69, 9.17) is 23.2 Å². The summed E-state index contributed by atoms with van der Waals surface area (Å²) in [6, 6.07) is 11.0. The molecule has 0 radical (unpaired) electrons. The Bertz CT molecular complexity index is 1490. The summed E-state index contributed by atoms with van der Waals surface area (Å²) in [5.41, 5.74) is 6.13. The summed E-state index contributed by atoms with van der Waals surface area (Å²) in [6.07, 6.45) is 2.77. The van der Waals surface area contributed by atoms with Crippen molar-refractivity contribution in [3.8, 4) is 0 Å². The Morgan fingerprint density at radius 3 is 2.46 bits per heavy atom. The molecule has 2 aliphatic heterocycles. The molecule has 7 nitrogen and oxygen atoms in total. The number of aromatic nitrogens is 1. The van der Waals surface area contributed by atoms with Gasteiger partial charge in [-0.2, -0.15) is 0 Å². The molecule has 2 atom stereocenters. The maximum Gasteiger partial charge on any atom is 0.232 e. The number of fused-ring (bicyclic) bond motifs is 1. The second-order valence-electron chi connectivity index (χ2n) is 11.3. The zero-order valence-corrected chi connectivity index (χ0v) is 26.3. The van der Waals surface area contributed by atoms with Crippen LogP contribution in [0.25, 0.3) is 0 Å². The monoisotopic (exact) mass is 615 g/mol. The van der Waals surface area contributed by atoms with Crippen LogP contribution in [0.2, 0.25) is 10.0 Å². The first-order chi connectivity index (χ1) is 19.5. The van der Waals surface area contributed by atoms with Crippen LogP contribution in [0.3, 0.4) is 0 Å². The van der Waals surface area contributed by atoms with Crippen LogP contribution in [0, 0.1) is 13.8 Å². The molecule has 0 aliphatic carbocycles. The second kappa shape index (κ2) is 12.3. The van der Waals surface area contributed by atoms with Crippen molar-refractivity contribution in [2.75, 3.05) is 32.5 Å². The molecule has 2 unspecified atom stereocenters. The minimum Gasteiger partial charge on any atom is -0.362 e. The molecule has 5 rings (SSSR count). The van der Waals surface area contributed by atoms with Gasteiger partial charge in [0.2, 0.25) is 11.8 Å². The lowest BCUT2D eigenvalue weighted by atomic mass is 9.93. The van der Waals surface area contributed by atoms with E-state index in [0.29, 0.717) is 33.3 Å². The Kier molecular flexibility index (Phi) is 8.95. The van der Waals surface area contributed by atoms with Gasteiger partial charge in [-0.3, -0.25) is 9.59 Å². The zero-order chi connectivity index (χ0) is 29.4. The van der Waals surface area contributed by atoms with Gasteiger partial charge < -0.3 is 20.1 Å². The summed E-state index contributed by atoms with van der Waals surface area (Å²) in [5, 5.41) is 3.95. The Balaban J connectivity index is 1.32. The molecule has 2 amide bonds. The number of nitrogens with zero attached hydrogens (tertiary/aromatic N) is 2. The van der Waals surface area contributed by atoms with Crippen molar-refractivity contribution in [2.24, 2.45) is 0 Å². The topological polar surface area (TPSA) is 85.5 Å². The Labute approximate surface area is 254 Å². The van der Waals surface area contributed by atoms with Crippen molar-refractivity contribution in [1.29, 1.82) is 0 Å². The maximum atomic E-state index is 13.3. The number of nitrogens with one attached hydrogen (secondary N) is 2. The van der Waals surface area contributed by atoms with Gasteiger partial charge in [0, 0.05) is 52.2 Å². The van der Waals surface area contributed by atoms with Gasteiger partial charge in [-0.25, -0.2) is 0 Å². The van der Waals surface area contributed by atoms with Gasteiger partial charge in [0.15, 0.2) is 4.90 Å². The molecule has 1 saturated heterocycles. The number of carbonyl (C=O) groups excluding carboxylic acids is 2. The third-order valence-electron chi connectivity index (χ3n) is 8.70. The third-order valence-corrected chi connectivity index (χ3v) is 10.9. The molecule has 10 heteroatoms. The van der Waals surface area contributed by atoms with Gasteiger partial charge in [0.1, 0.15) is 16.6 Å². The number of thiol groups is 1. The summed E-state index contributed by atoms with van der Waals surface area (Å²) < 4.78 is 13.3. The number of anilines is 1. The van der Waals surface area contributed by atoms with Crippen LogP contribution in [-0.2, 0) is 43.2 Å². The molecule has 1 fully saturated rings. The highest BCUT2D eigenvalue weighted by Crippen LogP contribution is 2.38. The first-order valence-corrected chi connectivity index (χ1v) is 16.2. The van der Waals surface area contributed by atoms with E-state index in [2.05, 4.69) is 22.2 Å². The lowest BCUT2D eigenvalue weighted by Crippen LogP contribution is -2.45. The minimum absolute atomic E-state index is 0.0900. The van der Waals surface area contributed by atoms with E-state index in [1.54, 1.807) is 24.3 Å². The first-order valence-electron chi connectivity index (χ1n) is 14.0. The number of aromatic amines is 1. The van der Waals surface area contributed by atoms with Crippen molar-refractivity contribution in [3.63, 3.8) is 0 Å². The van der Waals surface area contributed by atoms with Crippen LogP contribution < -0.4 is 5.32 Å². The predicted molar refractivity (Wildman–Crippen MR) is 167 cm³/mol. The fraction of sp³-hybridized carbons (Fsp3) is 0.419. The van der Waals surface area contributed by atoms with Gasteiger partial charge in [0.05, 0.1) is 12.3 Å². The van der Waals surface area contributed by atoms with Crippen LogP contribution >= 0.6 is 23.2 Å². The van der Waals surface area contributed by atoms with Crippen LogP contribution in [-0.4, -0.2) is 59.8 Å². The number of amides is 2. The Morgan fingerprint density at radius 2 is 1.78 bits per heavy atom. The van der Waals surface area contributed by atoms with Crippen molar-refractivity contribution in [1.82, 2.24) is 14.8 Å². The van der Waals surface area contributed by atoms with Crippen LogP contribution in [0.15, 0.2) is 41.3 Å². The van der Waals surface area contributed by atoms with Crippen molar-refractivity contribution in [3.05, 3.63) is 80.1 Å². The van der Waals surface area contributed by atoms with Crippen LogP contribution in [0.5, 0.6) is 0 Å². The van der Waals surface area contributed by atoms with Gasteiger partial charge in [-0.1, -0.05) is 29.3 Å². The molecule has 2 aliphatic rings. The van der Waals surface area contributed by atoms with E-state index < -0.39 is 16.7 Å². The number of H-pyrrole nitrogens is 1. The summed E-state index contributed by atoms with van der Waals surface area (Å²) >= 11 is 12.6. The smallest absolute Gasteiger partial charge is 0.232 e. The second-order valence-corrected chi connectivity index (χ2v) is 13.7. The number of hydrogen-bond acceptors (Lipinski definition) is 4. The van der Waals surface area contributed by atoms with Crippen molar-refractivity contribution >= 4 is 51.5 Å². The van der Waals surface area contributed by atoms with Crippen molar-refractivity contribution in [2.45, 2.75) is 62.1 Å². The van der Waals surface area contributed by atoms with Gasteiger partial charge in [-0.15, -0.1) is 4.21 Å². The molecule has 0 spiro atoms. The molecule has 3 heterocycles. The van der Waals surface area contributed by atoms with Crippen LogP contribution in [0.1, 0.15) is 52.4 Å². The van der Waals surface area contributed by atoms with E-state index in [1.807, 2.05) is 37.9 Å². The average molecular weight is 617 g/mol. The first kappa shape index (κ1) is 29.8. The number of rotatable bonds is 8.